The lowest BCUT2D eigenvalue weighted by Crippen LogP contribution is -2.29. The van der Waals surface area contributed by atoms with Crippen molar-refractivity contribution in [3.05, 3.63) is 58.1 Å². The SMILES string of the molecule is CNC(=O)c1c(NC(C)C)sc(Cc2ccnc3ccccc23)c1C(=O)NCCCO. The number of carbonyl (C=O) groups is 2. The first-order chi connectivity index (χ1) is 15.0. The Morgan fingerprint density at radius 2 is 1.90 bits per heavy atom. The van der Waals surface area contributed by atoms with Crippen molar-refractivity contribution in [2.24, 2.45) is 0 Å². The van der Waals surface area contributed by atoms with Crippen LogP contribution < -0.4 is 16.0 Å². The number of nitrogens with one attached hydrogen (secondary N) is 3. The minimum Gasteiger partial charge on any atom is -0.396 e. The van der Waals surface area contributed by atoms with Crippen molar-refractivity contribution in [2.45, 2.75) is 32.7 Å². The van der Waals surface area contributed by atoms with Gasteiger partial charge in [0.25, 0.3) is 11.8 Å². The molecule has 0 radical (unpaired) electrons. The van der Waals surface area contributed by atoms with E-state index in [1.807, 2.05) is 44.2 Å². The van der Waals surface area contributed by atoms with Crippen molar-refractivity contribution in [1.82, 2.24) is 15.6 Å². The summed E-state index contributed by atoms with van der Waals surface area (Å²) in [7, 11) is 1.56. The van der Waals surface area contributed by atoms with Crippen LogP contribution in [0.1, 0.15) is 51.4 Å². The number of fused-ring (bicyclic) bond motifs is 1. The van der Waals surface area contributed by atoms with E-state index in [-0.39, 0.29) is 24.5 Å². The molecule has 31 heavy (non-hydrogen) atoms. The first-order valence-electron chi connectivity index (χ1n) is 10.3. The largest absolute Gasteiger partial charge is 0.396 e. The van der Waals surface area contributed by atoms with Crippen molar-refractivity contribution >= 4 is 39.1 Å². The highest BCUT2D eigenvalue weighted by Gasteiger charge is 2.28. The summed E-state index contributed by atoms with van der Waals surface area (Å²) in [5.74, 6) is -0.619. The Balaban J connectivity index is 2.11. The van der Waals surface area contributed by atoms with E-state index >= 15 is 0 Å². The van der Waals surface area contributed by atoms with Crippen LogP contribution in [0, 0.1) is 0 Å². The maximum atomic E-state index is 13.1. The van der Waals surface area contributed by atoms with Gasteiger partial charge in [-0.15, -0.1) is 11.3 Å². The van der Waals surface area contributed by atoms with Crippen LogP contribution in [-0.2, 0) is 6.42 Å². The maximum absolute atomic E-state index is 13.1. The topological polar surface area (TPSA) is 103 Å². The second-order valence-electron chi connectivity index (χ2n) is 7.48. The Morgan fingerprint density at radius 1 is 1.13 bits per heavy atom. The lowest BCUT2D eigenvalue weighted by molar-refractivity contribution is 0.0923. The number of pyridine rings is 1. The average Bonchev–Trinajstić information content (AvgIpc) is 3.10. The molecule has 0 aliphatic rings. The predicted octanol–water partition coefficient (Wildman–Crippen LogP) is 3.18. The zero-order valence-corrected chi connectivity index (χ0v) is 18.8. The highest BCUT2D eigenvalue weighted by atomic mass is 32.1. The van der Waals surface area contributed by atoms with Crippen molar-refractivity contribution in [3.63, 3.8) is 0 Å². The highest BCUT2D eigenvalue weighted by Crippen LogP contribution is 2.36. The van der Waals surface area contributed by atoms with E-state index in [9.17, 15) is 9.59 Å². The molecule has 0 aliphatic carbocycles. The molecule has 0 saturated carbocycles. The first-order valence-corrected chi connectivity index (χ1v) is 11.1. The minimum absolute atomic E-state index is 0.0117. The molecule has 2 amide bonds. The van der Waals surface area contributed by atoms with E-state index in [2.05, 4.69) is 20.9 Å². The Kier molecular flexibility index (Phi) is 7.59. The van der Waals surface area contributed by atoms with Gasteiger partial charge in [0, 0.05) is 49.1 Å². The zero-order valence-electron chi connectivity index (χ0n) is 18.0. The Hall–Kier alpha value is -2.97. The molecule has 0 atom stereocenters. The minimum atomic E-state index is -0.312. The molecule has 8 heteroatoms. The quantitative estimate of drug-likeness (QED) is 0.383. The molecule has 1 aromatic carbocycles. The number of para-hydroxylation sites is 1. The number of hydrogen-bond donors (Lipinski definition) is 4. The number of nitrogens with zero attached hydrogens (tertiary/aromatic N) is 1. The molecule has 0 aliphatic heterocycles. The molecule has 0 spiro atoms. The van der Waals surface area contributed by atoms with Gasteiger partial charge >= 0.3 is 0 Å². The second kappa shape index (κ2) is 10.4. The van der Waals surface area contributed by atoms with Crippen LogP contribution in [0.4, 0.5) is 5.00 Å². The highest BCUT2D eigenvalue weighted by molar-refractivity contribution is 7.17. The molecule has 0 saturated heterocycles. The van der Waals surface area contributed by atoms with Gasteiger partial charge in [-0.1, -0.05) is 18.2 Å². The number of aliphatic hydroxyl groups is 1. The molecule has 3 aromatic rings. The van der Waals surface area contributed by atoms with Crippen molar-refractivity contribution in [1.29, 1.82) is 0 Å². The van der Waals surface area contributed by atoms with Crippen LogP contribution in [0.2, 0.25) is 0 Å². The third-order valence-electron chi connectivity index (χ3n) is 4.79. The third-order valence-corrected chi connectivity index (χ3v) is 5.91. The Morgan fingerprint density at radius 3 is 2.61 bits per heavy atom. The number of benzene rings is 1. The number of thiophene rings is 1. The van der Waals surface area contributed by atoms with Crippen LogP contribution in [0.5, 0.6) is 0 Å². The number of hydrogen-bond acceptors (Lipinski definition) is 6. The number of carbonyl (C=O) groups excluding carboxylic acids is 2. The first kappa shape index (κ1) is 22.7. The molecule has 164 valence electrons. The fourth-order valence-corrected chi connectivity index (χ4v) is 4.76. The van der Waals surface area contributed by atoms with Crippen LogP contribution in [0.25, 0.3) is 10.9 Å². The summed E-state index contributed by atoms with van der Waals surface area (Å²) in [5, 5.41) is 19.6. The van der Waals surface area contributed by atoms with E-state index in [0.29, 0.717) is 35.5 Å². The average molecular weight is 441 g/mol. The van der Waals surface area contributed by atoms with Crippen LogP contribution in [0.15, 0.2) is 36.5 Å². The standard InChI is InChI=1S/C23H28N4O3S/c1-14(2)27-23-20(21(29)24-3)19(22(30)26-10-6-12-28)18(31-23)13-15-9-11-25-17-8-5-4-7-16(15)17/h4-5,7-9,11,14,27-28H,6,10,12-13H2,1-3H3,(H,24,29)(H,26,30). The van der Waals surface area contributed by atoms with Crippen LogP contribution in [0.3, 0.4) is 0 Å². The summed E-state index contributed by atoms with van der Waals surface area (Å²) in [6.07, 6.45) is 2.71. The lowest BCUT2D eigenvalue weighted by Gasteiger charge is -2.11. The molecule has 7 nitrogen and oxygen atoms in total. The smallest absolute Gasteiger partial charge is 0.254 e. The van der Waals surface area contributed by atoms with Crippen LogP contribution >= 0.6 is 11.3 Å². The maximum Gasteiger partial charge on any atom is 0.254 e. The van der Waals surface area contributed by atoms with E-state index in [1.54, 1.807) is 13.2 Å². The molecule has 3 rings (SSSR count). The van der Waals surface area contributed by atoms with Gasteiger partial charge in [0.2, 0.25) is 0 Å². The normalized spacial score (nSPS) is 11.0. The molecule has 0 fully saturated rings. The number of rotatable bonds is 9. The van der Waals surface area contributed by atoms with Gasteiger partial charge in [0.15, 0.2) is 0 Å². The molecular weight excluding hydrogens is 412 g/mol. The van der Waals surface area contributed by atoms with E-state index in [0.717, 1.165) is 21.3 Å². The fraction of sp³-hybridized carbons (Fsp3) is 0.348. The summed E-state index contributed by atoms with van der Waals surface area (Å²) in [5.41, 5.74) is 2.66. The summed E-state index contributed by atoms with van der Waals surface area (Å²) in [6.45, 7) is 4.31. The van der Waals surface area contributed by atoms with Crippen molar-refractivity contribution in [3.8, 4) is 0 Å². The number of amides is 2. The monoisotopic (exact) mass is 440 g/mol. The van der Waals surface area contributed by atoms with Gasteiger partial charge in [-0.25, -0.2) is 0 Å². The predicted molar refractivity (Wildman–Crippen MR) is 125 cm³/mol. The van der Waals surface area contributed by atoms with Gasteiger partial charge in [-0.2, -0.15) is 0 Å². The molecule has 0 bridgehead atoms. The zero-order chi connectivity index (χ0) is 22.4. The number of aromatic nitrogens is 1. The van der Waals surface area contributed by atoms with Crippen molar-refractivity contribution < 1.29 is 14.7 Å². The molecule has 0 unspecified atom stereocenters. The van der Waals surface area contributed by atoms with Crippen LogP contribution in [-0.4, -0.2) is 48.1 Å². The van der Waals surface area contributed by atoms with Gasteiger partial charge in [0.05, 0.1) is 16.6 Å². The van der Waals surface area contributed by atoms with E-state index in [1.165, 1.54) is 11.3 Å². The Bertz CT molecular complexity index is 1070. The molecular formula is C23H28N4O3S. The fourth-order valence-electron chi connectivity index (χ4n) is 3.40. The Labute approximate surface area is 185 Å². The number of anilines is 1. The summed E-state index contributed by atoms with van der Waals surface area (Å²) < 4.78 is 0. The lowest BCUT2D eigenvalue weighted by atomic mass is 10.0. The summed E-state index contributed by atoms with van der Waals surface area (Å²) >= 11 is 1.43. The molecule has 4 N–H and O–H groups in total. The van der Waals surface area contributed by atoms with Crippen molar-refractivity contribution in [2.75, 3.05) is 25.5 Å². The van der Waals surface area contributed by atoms with Gasteiger partial charge < -0.3 is 21.1 Å². The molecule has 2 heterocycles. The van der Waals surface area contributed by atoms with Gasteiger partial charge in [0.1, 0.15) is 5.00 Å². The molecule has 2 aromatic heterocycles. The van der Waals surface area contributed by atoms with Gasteiger partial charge in [-0.3, -0.25) is 14.6 Å². The van der Waals surface area contributed by atoms with Gasteiger partial charge in [-0.05, 0) is 38.0 Å². The summed E-state index contributed by atoms with van der Waals surface area (Å²) in [6, 6.07) is 9.92. The number of aliphatic hydroxyl groups excluding tert-OH is 1. The third kappa shape index (κ3) is 5.21. The van der Waals surface area contributed by atoms with E-state index < -0.39 is 0 Å². The van der Waals surface area contributed by atoms with E-state index in [4.69, 9.17) is 5.11 Å². The second-order valence-corrected chi connectivity index (χ2v) is 8.58. The summed E-state index contributed by atoms with van der Waals surface area (Å²) in [4.78, 5) is 31.1.